The molecule has 3 aromatic heterocycles. The highest BCUT2D eigenvalue weighted by Gasteiger charge is 2.13. The molecule has 0 amide bonds. The maximum Gasteiger partial charge on any atom is 0.161 e. The predicted molar refractivity (Wildman–Crippen MR) is 135 cm³/mol. The highest BCUT2D eigenvalue weighted by molar-refractivity contribution is 8.00. The normalized spacial score (nSPS) is 11.2. The second-order valence-electron chi connectivity index (χ2n) is 7.85. The van der Waals surface area contributed by atoms with Crippen molar-refractivity contribution < 1.29 is 13.6 Å². The SMILES string of the molecule is CC(=O)c1cn(C)c2ccc(-c3ccc(-c4cncc(NSc5ccc(F)cc5F)c4)s3)cc12. The van der Waals surface area contributed by atoms with Gasteiger partial charge in [0, 0.05) is 57.3 Å². The van der Waals surface area contributed by atoms with Crippen LogP contribution in [0.3, 0.4) is 0 Å². The number of aryl methyl sites for hydroxylation is 1. The summed E-state index contributed by atoms with van der Waals surface area (Å²) in [7, 11) is 1.94. The Bertz CT molecular complexity index is 1540. The van der Waals surface area contributed by atoms with E-state index < -0.39 is 11.6 Å². The summed E-state index contributed by atoms with van der Waals surface area (Å²) in [5.41, 5.74) is 4.41. The van der Waals surface area contributed by atoms with Gasteiger partial charge in [-0.1, -0.05) is 6.07 Å². The summed E-state index contributed by atoms with van der Waals surface area (Å²) in [6.07, 6.45) is 5.30. The van der Waals surface area contributed by atoms with E-state index in [0.717, 1.165) is 49.8 Å². The van der Waals surface area contributed by atoms with Crippen LogP contribution in [0, 0.1) is 11.6 Å². The molecule has 0 unspecified atom stereocenters. The van der Waals surface area contributed by atoms with Crippen LogP contribution >= 0.6 is 23.3 Å². The number of ketones is 1. The minimum absolute atomic E-state index is 0.0448. The minimum Gasteiger partial charge on any atom is -0.350 e. The first-order valence-electron chi connectivity index (χ1n) is 10.4. The number of nitrogens with zero attached hydrogens (tertiary/aromatic N) is 2. The molecule has 5 rings (SSSR count). The Morgan fingerprint density at radius 2 is 1.79 bits per heavy atom. The van der Waals surface area contributed by atoms with Crippen molar-refractivity contribution in [1.29, 1.82) is 0 Å². The third-order valence-electron chi connectivity index (χ3n) is 5.45. The molecule has 0 saturated carbocycles. The van der Waals surface area contributed by atoms with Gasteiger partial charge in [-0.3, -0.25) is 9.78 Å². The van der Waals surface area contributed by atoms with Gasteiger partial charge in [0.2, 0.25) is 0 Å². The summed E-state index contributed by atoms with van der Waals surface area (Å²) in [6.45, 7) is 1.58. The molecule has 34 heavy (non-hydrogen) atoms. The summed E-state index contributed by atoms with van der Waals surface area (Å²) < 4.78 is 32.0. The van der Waals surface area contributed by atoms with E-state index in [1.54, 1.807) is 30.7 Å². The molecule has 0 spiro atoms. The van der Waals surface area contributed by atoms with Gasteiger partial charge in [-0.15, -0.1) is 11.3 Å². The third kappa shape index (κ3) is 4.34. The Kier molecular flexibility index (Phi) is 5.93. The minimum atomic E-state index is -0.618. The zero-order chi connectivity index (χ0) is 23.8. The molecule has 0 fully saturated rings. The van der Waals surface area contributed by atoms with Gasteiger partial charge in [0.15, 0.2) is 5.78 Å². The van der Waals surface area contributed by atoms with Crippen LogP contribution in [0.15, 0.2) is 78.1 Å². The molecule has 0 aliphatic heterocycles. The molecule has 3 heterocycles. The lowest BCUT2D eigenvalue weighted by molar-refractivity contribution is 0.101. The molecule has 1 N–H and O–H groups in total. The van der Waals surface area contributed by atoms with E-state index in [1.807, 2.05) is 36.0 Å². The monoisotopic (exact) mass is 491 g/mol. The number of carbonyl (C=O) groups excluding carboxylic acids is 1. The summed E-state index contributed by atoms with van der Waals surface area (Å²) >= 11 is 2.69. The maximum absolute atomic E-state index is 13.9. The van der Waals surface area contributed by atoms with Crippen molar-refractivity contribution in [2.75, 3.05) is 4.72 Å². The molecule has 170 valence electrons. The highest BCUT2D eigenvalue weighted by atomic mass is 32.2. The number of fused-ring (bicyclic) bond motifs is 1. The number of anilines is 1. The van der Waals surface area contributed by atoms with E-state index in [2.05, 4.69) is 27.9 Å². The lowest BCUT2D eigenvalue weighted by Gasteiger charge is -2.07. The molecule has 0 aliphatic carbocycles. The molecule has 0 aliphatic rings. The van der Waals surface area contributed by atoms with Crippen LogP contribution < -0.4 is 4.72 Å². The first-order chi connectivity index (χ1) is 16.4. The Morgan fingerprint density at radius 1 is 1.00 bits per heavy atom. The van der Waals surface area contributed by atoms with Crippen molar-refractivity contribution in [3.8, 4) is 20.9 Å². The Morgan fingerprint density at radius 3 is 2.56 bits per heavy atom. The maximum atomic E-state index is 13.9. The van der Waals surface area contributed by atoms with Crippen LogP contribution in [-0.2, 0) is 7.05 Å². The Balaban J connectivity index is 1.39. The van der Waals surface area contributed by atoms with Crippen LogP contribution in [0.5, 0.6) is 0 Å². The molecule has 8 heteroatoms. The lowest BCUT2D eigenvalue weighted by atomic mass is 10.1. The average Bonchev–Trinajstić information content (AvgIpc) is 3.44. The number of halogens is 2. The molecule has 4 nitrogen and oxygen atoms in total. The zero-order valence-corrected chi connectivity index (χ0v) is 19.9. The molecule has 0 bridgehead atoms. The van der Waals surface area contributed by atoms with Gasteiger partial charge in [0.1, 0.15) is 11.6 Å². The van der Waals surface area contributed by atoms with Crippen LogP contribution in [0.4, 0.5) is 14.5 Å². The van der Waals surface area contributed by atoms with E-state index in [1.165, 1.54) is 12.1 Å². The van der Waals surface area contributed by atoms with Crippen molar-refractivity contribution in [2.24, 2.45) is 7.05 Å². The highest BCUT2D eigenvalue weighted by Crippen LogP contribution is 2.37. The molecular formula is C26H19F2N3OS2. The van der Waals surface area contributed by atoms with Crippen LogP contribution in [0.25, 0.3) is 31.8 Å². The summed E-state index contributed by atoms with van der Waals surface area (Å²) in [5.74, 6) is -1.18. The van der Waals surface area contributed by atoms with Crippen molar-refractivity contribution in [2.45, 2.75) is 11.8 Å². The van der Waals surface area contributed by atoms with Crippen molar-refractivity contribution in [3.05, 3.63) is 90.4 Å². The van der Waals surface area contributed by atoms with Gasteiger partial charge in [-0.05, 0) is 66.9 Å². The zero-order valence-electron chi connectivity index (χ0n) is 18.3. The van der Waals surface area contributed by atoms with E-state index in [9.17, 15) is 13.6 Å². The lowest BCUT2D eigenvalue weighted by Crippen LogP contribution is -1.91. The first kappa shape index (κ1) is 22.3. The predicted octanol–water partition coefficient (Wildman–Crippen LogP) is 7.57. The smallest absolute Gasteiger partial charge is 0.161 e. The van der Waals surface area contributed by atoms with Crippen LogP contribution in [0.1, 0.15) is 17.3 Å². The second kappa shape index (κ2) is 9.04. The summed E-state index contributed by atoms with van der Waals surface area (Å²) in [4.78, 5) is 18.8. The van der Waals surface area contributed by atoms with E-state index in [0.29, 0.717) is 16.1 Å². The number of hydrogen-bond acceptors (Lipinski definition) is 5. The van der Waals surface area contributed by atoms with Crippen LogP contribution in [0.2, 0.25) is 0 Å². The summed E-state index contributed by atoms with van der Waals surface area (Å²) in [6, 6.07) is 15.7. The number of thiophene rings is 1. The third-order valence-corrected chi connectivity index (χ3v) is 7.53. The summed E-state index contributed by atoms with van der Waals surface area (Å²) in [5, 5.41) is 0.945. The van der Waals surface area contributed by atoms with Crippen molar-refractivity contribution >= 4 is 45.7 Å². The van der Waals surface area contributed by atoms with Crippen molar-refractivity contribution in [3.63, 3.8) is 0 Å². The largest absolute Gasteiger partial charge is 0.350 e. The number of rotatable bonds is 6. The molecule has 5 aromatic rings. The number of carbonyl (C=O) groups is 1. The number of pyridine rings is 1. The Labute approximate surface area is 203 Å². The molecule has 0 atom stereocenters. The van der Waals surface area contributed by atoms with Gasteiger partial charge in [0.25, 0.3) is 0 Å². The average molecular weight is 492 g/mol. The fraction of sp³-hybridized carbons (Fsp3) is 0.0769. The van der Waals surface area contributed by atoms with Crippen molar-refractivity contribution in [1.82, 2.24) is 9.55 Å². The number of nitrogens with one attached hydrogen (secondary N) is 1. The van der Waals surface area contributed by atoms with Gasteiger partial charge in [-0.25, -0.2) is 8.78 Å². The number of Topliss-reactive ketones (excluding diaryl/α,β-unsaturated/α-hetero) is 1. The first-order valence-corrected chi connectivity index (χ1v) is 12.1. The molecule has 0 saturated heterocycles. The number of hydrogen-bond donors (Lipinski definition) is 1. The number of aromatic nitrogens is 2. The van der Waals surface area contributed by atoms with Gasteiger partial charge < -0.3 is 9.29 Å². The van der Waals surface area contributed by atoms with Gasteiger partial charge in [-0.2, -0.15) is 0 Å². The molecule has 2 aromatic carbocycles. The molecular weight excluding hydrogens is 472 g/mol. The van der Waals surface area contributed by atoms with E-state index in [-0.39, 0.29) is 5.78 Å². The van der Waals surface area contributed by atoms with Crippen LogP contribution in [-0.4, -0.2) is 15.3 Å². The van der Waals surface area contributed by atoms with Gasteiger partial charge >= 0.3 is 0 Å². The van der Waals surface area contributed by atoms with E-state index in [4.69, 9.17) is 0 Å². The van der Waals surface area contributed by atoms with E-state index >= 15 is 0 Å². The van der Waals surface area contributed by atoms with Gasteiger partial charge in [0.05, 0.1) is 16.8 Å². The number of benzene rings is 2. The fourth-order valence-electron chi connectivity index (χ4n) is 3.78. The second-order valence-corrected chi connectivity index (χ2v) is 9.78. The molecule has 0 radical (unpaired) electrons. The standard InChI is InChI=1S/C26H19F2N3OS2/c1-15(32)21-14-31(2)23-5-3-16(10-20(21)23)24-7-8-25(33-24)17-9-19(13-29-12-17)30-34-26-6-4-18(27)11-22(26)28/h3-14,30H,1-2H3. The Hall–Kier alpha value is -3.49. The quantitative estimate of drug-likeness (QED) is 0.197. The topological polar surface area (TPSA) is 46.9 Å². The fourth-order valence-corrected chi connectivity index (χ4v) is 5.39.